The number of carbonyl (C=O) groups is 2. The number of nitrogens with zero attached hydrogens (tertiary/aromatic N) is 1. The molecule has 33 heavy (non-hydrogen) atoms. The summed E-state index contributed by atoms with van der Waals surface area (Å²) in [4.78, 5) is 29.6. The van der Waals surface area contributed by atoms with Crippen LogP contribution in [-0.4, -0.2) is 28.7 Å². The average Bonchev–Trinajstić information content (AvgIpc) is 3.22. The molecule has 0 aliphatic rings. The van der Waals surface area contributed by atoms with Crippen molar-refractivity contribution in [1.82, 2.24) is 4.98 Å². The topological polar surface area (TPSA) is 80.3 Å². The van der Waals surface area contributed by atoms with Crippen molar-refractivity contribution in [3.05, 3.63) is 78.4 Å². The van der Waals surface area contributed by atoms with Gasteiger partial charge < -0.3 is 15.4 Å². The highest BCUT2D eigenvalue weighted by Gasteiger charge is 2.17. The zero-order valence-electron chi connectivity index (χ0n) is 18.2. The molecule has 4 aromatic rings. The lowest BCUT2D eigenvalue weighted by Crippen LogP contribution is -2.22. The Hall–Kier alpha value is -3.36. The van der Waals surface area contributed by atoms with E-state index in [1.807, 2.05) is 74.5 Å². The van der Waals surface area contributed by atoms with Gasteiger partial charge in [-0.1, -0.05) is 30.0 Å². The molecule has 0 aliphatic carbocycles. The molecule has 3 aromatic carbocycles. The number of hydrogen-bond donors (Lipinski definition) is 2. The molecule has 0 saturated heterocycles. The molecule has 0 saturated carbocycles. The molecular formula is C25H23N3O3S2. The molecule has 168 valence electrons. The summed E-state index contributed by atoms with van der Waals surface area (Å²) in [5, 5.41) is 5.52. The number of thioether (sulfide) groups is 1. The molecule has 0 spiro atoms. The van der Waals surface area contributed by atoms with Gasteiger partial charge in [0.05, 0.1) is 22.1 Å². The first kappa shape index (κ1) is 22.8. The summed E-state index contributed by atoms with van der Waals surface area (Å²) in [7, 11) is 0. The van der Waals surface area contributed by atoms with Crippen molar-refractivity contribution >= 4 is 56.5 Å². The van der Waals surface area contributed by atoms with E-state index < -0.39 is 0 Å². The smallest absolute Gasteiger partial charge is 0.255 e. The largest absolute Gasteiger partial charge is 0.494 e. The molecule has 1 heterocycles. The van der Waals surface area contributed by atoms with E-state index >= 15 is 0 Å². The summed E-state index contributed by atoms with van der Waals surface area (Å²) in [6.45, 7) is 4.38. The number of fused-ring (bicyclic) bond motifs is 1. The highest BCUT2D eigenvalue weighted by atomic mass is 32.2. The van der Waals surface area contributed by atoms with Crippen LogP contribution in [0.1, 0.15) is 24.2 Å². The molecule has 0 aliphatic heterocycles. The molecule has 0 bridgehead atoms. The van der Waals surface area contributed by atoms with E-state index in [1.165, 1.54) is 23.1 Å². The first-order valence-corrected chi connectivity index (χ1v) is 12.2. The summed E-state index contributed by atoms with van der Waals surface area (Å²) >= 11 is 2.91. The van der Waals surface area contributed by atoms with E-state index in [9.17, 15) is 9.59 Å². The van der Waals surface area contributed by atoms with Crippen molar-refractivity contribution in [2.45, 2.75) is 23.4 Å². The van der Waals surface area contributed by atoms with Crippen LogP contribution in [-0.2, 0) is 4.79 Å². The zero-order valence-corrected chi connectivity index (χ0v) is 19.8. The van der Waals surface area contributed by atoms with Gasteiger partial charge >= 0.3 is 0 Å². The van der Waals surface area contributed by atoms with Gasteiger partial charge in [-0.3, -0.25) is 9.59 Å². The minimum atomic E-state index is -0.325. The molecule has 6 nitrogen and oxygen atoms in total. The molecular weight excluding hydrogens is 454 g/mol. The maximum atomic E-state index is 12.6. The van der Waals surface area contributed by atoms with E-state index in [0.29, 0.717) is 17.9 Å². The fraction of sp³-hybridized carbons (Fsp3) is 0.160. The number of benzene rings is 3. The quantitative estimate of drug-likeness (QED) is 0.301. The summed E-state index contributed by atoms with van der Waals surface area (Å²) in [6, 6.07) is 22.0. The van der Waals surface area contributed by atoms with Crippen LogP contribution in [0.25, 0.3) is 10.2 Å². The maximum Gasteiger partial charge on any atom is 0.255 e. The number of thiazole rings is 1. The third kappa shape index (κ3) is 5.91. The van der Waals surface area contributed by atoms with E-state index in [2.05, 4.69) is 15.6 Å². The van der Waals surface area contributed by atoms with Crippen LogP contribution in [0.3, 0.4) is 0 Å². The Kier molecular flexibility index (Phi) is 7.26. The Bertz CT molecular complexity index is 1260. The number of hydrogen-bond acceptors (Lipinski definition) is 6. The van der Waals surface area contributed by atoms with Crippen LogP contribution in [0.5, 0.6) is 5.75 Å². The third-order valence-corrected chi connectivity index (χ3v) is 6.95. The van der Waals surface area contributed by atoms with Crippen LogP contribution in [0.2, 0.25) is 0 Å². The minimum Gasteiger partial charge on any atom is -0.494 e. The fourth-order valence-corrected chi connectivity index (χ4v) is 5.32. The second kappa shape index (κ2) is 10.5. The van der Waals surface area contributed by atoms with E-state index in [1.54, 1.807) is 12.1 Å². The van der Waals surface area contributed by atoms with Crippen molar-refractivity contribution in [2.24, 2.45) is 0 Å². The van der Waals surface area contributed by atoms with Gasteiger partial charge in [-0.05, 0) is 68.4 Å². The van der Waals surface area contributed by atoms with Crippen molar-refractivity contribution in [3.8, 4) is 5.75 Å². The van der Waals surface area contributed by atoms with Gasteiger partial charge in [0.1, 0.15) is 5.75 Å². The molecule has 2 amide bonds. The minimum absolute atomic E-state index is 0.0979. The van der Waals surface area contributed by atoms with Crippen molar-refractivity contribution < 1.29 is 14.3 Å². The number of rotatable bonds is 8. The standard InChI is InChI=1S/C25H23N3O3S2/c1-3-31-20-12-9-18(10-13-20)26-23(29)16(2)32-25-28-21-14-11-19(15-22(21)33-25)27-24(30)17-7-5-4-6-8-17/h4-16H,3H2,1-2H3,(H,26,29)(H,27,30)/t16-/m1/s1. The number of carbonyl (C=O) groups excluding carboxylic acids is 2. The number of anilines is 2. The van der Waals surface area contributed by atoms with Crippen LogP contribution in [0.15, 0.2) is 77.1 Å². The molecule has 0 unspecified atom stereocenters. The number of amides is 2. The molecule has 1 aromatic heterocycles. The Morgan fingerprint density at radius 2 is 1.73 bits per heavy atom. The highest BCUT2D eigenvalue weighted by molar-refractivity contribution is 8.02. The predicted octanol–water partition coefficient (Wildman–Crippen LogP) is 6.07. The van der Waals surface area contributed by atoms with Crippen LogP contribution in [0, 0.1) is 0 Å². The summed E-state index contributed by atoms with van der Waals surface area (Å²) < 4.78 is 7.17. The van der Waals surface area contributed by atoms with Gasteiger partial charge in [0.25, 0.3) is 5.91 Å². The summed E-state index contributed by atoms with van der Waals surface area (Å²) in [6.07, 6.45) is 0. The summed E-state index contributed by atoms with van der Waals surface area (Å²) in [5.74, 6) is 0.514. The van der Waals surface area contributed by atoms with E-state index in [4.69, 9.17) is 4.74 Å². The SMILES string of the molecule is CCOc1ccc(NC(=O)[C@@H](C)Sc2nc3ccc(NC(=O)c4ccccc4)cc3s2)cc1. The van der Waals surface area contributed by atoms with Crippen LogP contribution in [0.4, 0.5) is 11.4 Å². The molecule has 1 atom stereocenters. The van der Waals surface area contributed by atoms with Gasteiger partial charge in [0.15, 0.2) is 4.34 Å². The Balaban J connectivity index is 1.38. The van der Waals surface area contributed by atoms with Crippen LogP contribution >= 0.6 is 23.1 Å². The number of nitrogens with one attached hydrogen (secondary N) is 2. The van der Waals surface area contributed by atoms with E-state index in [0.717, 1.165) is 26.0 Å². The second-order valence-electron chi connectivity index (χ2n) is 7.19. The normalized spacial score (nSPS) is 11.7. The Morgan fingerprint density at radius 3 is 2.45 bits per heavy atom. The van der Waals surface area contributed by atoms with E-state index in [-0.39, 0.29) is 17.1 Å². The predicted molar refractivity (Wildman–Crippen MR) is 136 cm³/mol. The lowest BCUT2D eigenvalue weighted by molar-refractivity contribution is -0.115. The summed E-state index contributed by atoms with van der Waals surface area (Å²) in [5.41, 5.74) is 2.86. The van der Waals surface area contributed by atoms with Gasteiger partial charge in [-0.2, -0.15) is 0 Å². The number of ether oxygens (including phenoxy) is 1. The van der Waals surface area contributed by atoms with Crippen molar-refractivity contribution in [1.29, 1.82) is 0 Å². The molecule has 0 radical (unpaired) electrons. The zero-order chi connectivity index (χ0) is 23.2. The maximum absolute atomic E-state index is 12.6. The molecule has 0 fully saturated rings. The molecule has 8 heteroatoms. The Morgan fingerprint density at radius 1 is 1.00 bits per heavy atom. The fourth-order valence-electron chi connectivity index (χ4n) is 3.07. The first-order chi connectivity index (χ1) is 16.0. The molecule has 4 rings (SSSR count). The monoisotopic (exact) mass is 477 g/mol. The van der Waals surface area contributed by atoms with Crippen molar-refractivity contribution in [2.75, 3.05) is 17.2 Å². The average molecular weight is 478 g/mol. The number of aromatic nitrogens is 1. The van der Waals surface area contributed by atoms with Gasteiger partial charge in [-0.25, -0.2) is 4.98 Å². The van der Waals surface area contributed by atoms with Crippen molar-refractivity contribution in [3.63, 3.8) is 0 Å². The van der Waals surface area contributed by atoms with Gasteiger partial charge in [0.2, 0.25) is 5.91 Å². The van der Waals surface area contributed by atoms with Gasteiger partial charge in [-0.15, -0.1) is 11.3 Å². The van der Waals surface area contributed by atoms with Gasteiger partial charge in [0, 0.05) is 16.9 Å². The lowest BCUT2D eigenvalue weighted by Gasteiger charge is -2.11. The third-order valence-electron chi connectivity index (χ3n) is 4.74. The lowest BCUT2D eigenvalue weighted by atomic mass is 10.2. The van der Waals surface area contributed by atoms with Crippen LogP contribution < -0.4 is 15.4 Å². The molecule has 2 N–H and O–H groups in total. The highest BCUT2D eigenvalue weighted by Crippen LogP contribution is 2.34. The second-order valence-corrected chi connectivity index (χ2v) is 9.81. The Labute approximate surface area is 200 Å². The first-order valence-electron chi connectivity index (χ1n) is 10.5.